The molecule has 14 heavy (non-hydrogen) atoms. The molecule has 76 valence electrons. The van der Waals surface area contributed by atoms with Crippen LogP contribution in [-0.4, -0.2) is 25.0 Å². The van der Waals surface area contributed by atoms with Crippen molar-refractivity contribution < 1.29 is 4.79 Å². The van der Waals surface area contributed by atoms with Crippen molar-refractivity contribution in [3.8, 4) is 0 Å². The number of carbonyl (C=O) groups excluding carboxylic acids is 1. The van der Waals surface area contributed by atoms with Crippen LogP contribution in [-0.2, 0) is 0 Å². The van der Waals surface area contributed by atoms with Gasteiger partial charge in [0.2, 0.25) is 0 Å². The van der Waals surface area contributed by atoms with Gasteiger partial charge in [-0.15, -0.1) is 0 Å². The zero-order valence-corrected chi connectivity index (χ0v) is 8.99. The molecule has 2 rings (SSSR count). The van der Waals surface area contributed by atoms with E-state index in [1.165, 1.54) is 0 Å². The standard InChI is InChI=1S/C10H14N2OS/c1-7-5-14-6-9(7)10(13)12-8-2-3-11-4-8/h5-6,8,11H,2-4H2,1H3,(H,12,13)/t8-/m1/s1. The molecule has 2 N–H and O–H groups in total. The summed E-state index contributed by atoms with van der Waals surface area (Å²) in [6, 6.07) is 0.307. The number of aryl methyl sites for hydroxylation is 1. The highest BCUT2D eigenvalue weighted by Crippen LogP contribution is 2.13. The Hall–Kier alpha value is -0.870. The average Bonchev–Trinajstić information content (AvgIpc) is 2.75. The van der Waals surface area contributed by atoms with Crippen molar-refractivity contribution in [3.05, 3.63) is 21.9 Å². The molecule has 1 fully saturated rings. The molecule has 0 radical (unpaired) electrons. The van der Waals surface area contributed by atoms with Gasteiger partial charge in [0, 0.05) is 18.0 Å². The summed E-state index contributed by atoms with van der Waals surface area (Å²) < 4.78 is 0. The highest BCUT2D eigenvalue weighted by atomic mass is 32.1. The van der Waals surface area contributed by atoms with Gasteiger partial charge in [-0.2, -0.15) is 11.3 Å². The first-order valence-electron chi connectivity index (χ1n) is 4.82. The third kappa shape index (κ3) is 1.96. The van der Waals surface area contributed by atoms with Crippen LogP contribution in [0, 0.1) is 6.92 Å². The summed E-state index contributed by atoms with van der Waals surface area (Å²) in [5.41, 5.74) is 1.89. The molecule has 0 spiro atoms. The van der Waals surface area contributed by atoms with Crippen molar-refractivity contribution in [3.63, 3.8) is 0 Å². The maximum Gasteiger partial charge on any atom is 0.252 e. The van der Waals surface area contributed by atoms with Gasteiger partial charge in [-0.1, -0.05) is 0 Å². The minimum atomic E-state index is 0.0671. The molecule has 1 saturated heterocycles. The number of thiophene rings is 1. The second kappa shape index (κ2) is 4.11. The highest BCUT2D eigenvalue weighted by molar-refractivity contribution is 7.08. The van der Waals surface area contributed by atoms with Gasteiger partial charge in [0.15, 0.2) is 0 Å². The minimum absolute atomic E-state index is 0.0671. The second-order valence-electron chi connectivity index (χ2n) is 3.63. The van der Waals surface area contributed by atoms with Gasteiger partial charge in [-0.25, -0.2) is 0 Å². The molecular weight excluding hydrogens is 196 g/mol. The first kappa shape index (κ1) is 9.68. The molecule has 1 aliphatic rings. The molecule has 0 bridgehead atoms. The monoisotopic (exact) mass is 210 g/mol. The van der Waals surface area contributed by atoms with Gasteiger partial charge in [-0.3, -0.25) is 4.79 Å². The fourth-order valence-corrected chi connectivity index (χ4v) is 2.46. The van der Waals surface area contributed by atoms with E-state index in [2.05, 4.69) is 10.6 Å². The molecule has 1 aromatic heterocycles. The van der Waals surface area contributed by atoms with Gasteiger partial charge in [0.05, 0.1) is 5.56 Å². The number of hydrogen-bond donors (Lipinski definition) is 2. The van der Waals surface area contributed by atoms with Gasteiger partial charge in [-0.05, 0) is 30.8 Å². The zero-order chi connectivity index (χ0) is 9.97. The molecule has 0 saturated carbocycles. The number of hydrogen-bond acceptors (Lipinski definition) is 3. The van der Waals surface area contributed by atoms with E-state index < -0.39 is 0 Å². The summed E-state index contributed by atoms with van der Waals surface area (Å²) in [6.07, 6.45) is 1.04. The Morgan fingerprint density at radius 1 is 1.64 bits per heavy atom. The molecular formula is C10H14N2OS. The first-order valence-corrected chi connectivity index (χ1v) is 5.76. The SMILES string of the molecule is Cc1cscc1C(=O)N[C@@H]1CCNC1. The van der Waals surface area contributed by atoms with E-state index in [1.807, 2.05) is 17.7 Å². The predicted molar refractivity (Wildman–Crippen MR) is 57.8 cm³/mol. The Morgan fingerprint density at radius 2 is 2.50 bits per heavy atom. The first-order chi connectivity index (χ1) is 6.77. The fraction of sp³-hybridized carbons (Fsp3) is 0.500. The molecule has 0 aliphatic carbocycles. The molecule has 1 amide bonds. The largest absolute Gasteiger partial charge is 0.348 e. The number of nitrogens with one attached hydrogen (secondary N) is 2. The fourth-order valence-electron chi connectivity index (χ4n) is 1.63. The summed E-state index contributed by atoms with van der Waals surface area (Å²) in [5.74, 6) is 0.0671. The topological polar surface area (TPSA) is 41.1 Å². The molecule has 4 heteroatoms. The van der Waals surface area contributed by atoms with Gasteiger partial charge in [0.1, 0.15) is 0 Å². The minimum Gasteiger partial charge on any atom is -0.348 e. The summed E-state index contributed by atoms with van der Waals surface area (Å²) in [4.78, 5) is 11.8. The average molecular weight is 210 g/mol. The highest BCUT2D eigenvalue weighted by Gasteiger charge is 2.18. The van der Waals surface area contributed by atoms with Crippen molar-refractivity contribution in [1.82, 2.24) is 10.6 Å². The lowest BCUT2D eigenvalue weighted by Crippen LogP contribution is -2.36. The smallest absolute Gasteiger partial charge is 0.252 e. The molecule has 0 unspecified atom stereocenters. The van der Waals surface area contributed by atoms with Crippen LogP contribution in [0.3, 0.4) is 0 Å². The Balaban J connectivity index is 1.98. The molecule has 3 nitrogen and oxygen atoms in total. The van der Waals surface area contributed by atoms with Crippen molar-refractivity contribution in [2.75, 3.05) is 13.1 Å². The number of amides is 1. The summed E-state index contributed by atoms with van der Waals surface area (Å²) in [7, 11) is 0. The van der Waals surface area contributed by atoms with Crippen LogP contribution < -0.4 is 10.6 Å². The normalized spacial score (nSPS) is 21.1. The zero-order valence-electron chi connectivity index (χ0n) is 8.17. The molecule has 0 aromatic carbocycles. The Labute approximate surface area is 87.5 Å². The summed E-state index contributed by atoms with van der Waals surface area (Å²) in [6.45, 7) is 3.88. The number of carbonyl (C=O) groups is 1. The van der Waals surface area contributed by atoms with Crippen molar-refractivity contribution in [2.45, 2.75) is 19.4 Å². The molecule has 1 atom stereocenters. The van der Waals surface area contributed by atoms with Gasteiger partial charge in [0.25, 0.3) is 5.91 Å². The van der Waals surface area contributed by atoms with E-state index in [9.17, 15) is 4.79 Å². The van der Waals surface area contributed by atoms with Crippen molar-refractivity contribution >= 4 is 17.2 Å². The van der Waals surface area contributed by atoms with E-state index in [0.717, 1.165) is 30.6 Å². The van der Waals surface area contributed by atoms with Crippen LogP contribution in [0.5, 0.6) is 0 Å². The van der Waals surface area contributed by atoms with Crippen LogP contribution in [0.1, 0.15) is 22.3 Å². The van der Waals surface area contributed by atoms with E-state index in [0.29, 0.717) is 6.04 Å². The third-order valence-corrected chi connectivity index (χ3v) is 3.36. The van der Waals surface area contributed by atoms with E-state index in [-0.39, 0.29) is 5.91 Å². The van der Waals surface area contributed by atoms with E-state index >= 15 is 0 Å². The van der Waals surface area contributed by atoms with E-state index in [1.54, 1.807) is 11.3 Å². The predicted octanol–water partition coefficient (Wildman–Crippen LogP) is 1.15. The van der Waals surface area contributed by atoms with Crippen molar-refractivity contribution in [1.29, 1.82) is 0 Å². The Morgan fingerprint density at radius 3 is 3.07 bits per heavy atom. The Bertz CT molecular complexity index is 329. The molecule has 1 aliphatic heterocycles. The molecule has 1 aromatic rings. The maximum atomic E-state index is 11.8. The lowest BCUT2D eigenvalue weighted by molar-refractivity contribution is 0.0940. The van der Waals surface area contributed by atoms with Crippen LogP contribution in [0.2, 0.25) is 0 Å². The lowest BCUT2D eigenvalue weighted by atomic mass is 10.2. The summed E-state index contributed by atoms with van der Waals surface area (Å²) in [5, 5.41) is 10.2. The van der Waals surface area contributed by atoms with Crippen LogP contribution in [0.25, 0.3) is 0 Å². The van der Waals surface area contributed by atoms with Crippen molar-refractivity contribution in [2.24, 2.45) is 0 Å². The van der Waals surface area contributed by atoms with Gasteiger partial charge >= 0.3 is 0 Å². The van der Waals surface area contributed by atoms with Crippen LogP contribution in [0.4, 0.5) is 0 Å². The lowest BCUT2D eigenvalue weighted by Gasteiger charge is -2.10. The quantitative estimate of drug-likeness (QED) is 0.769. The number of rotatable bonds is 2. The van der Waals surface area contributed by atoms with Gasteiger partial charge < -0.3 is 10.6 Å². The third-order valence-electron chi connectivity index (χ3n) is 2.50. The van der Waals surface area contributed by atoms with E-state index in [4.69, 9.17) is 0 Å². The molecule has 2 heterocycles. The Kier molecular flexibility index (Phi) is 2.84. The summed E-state index contributed by atoms with van der Waals surface area (Å²) >= 11 is 1.58. The van der Waals surface area contributed by atoms with Crippen LogP contribution in [0.15, 0.2) is 10.8 Å². The van der Waals surface area contributed by atoms with Crippen LogP contribution >= 0.6 is 11.3 Å². The maximum absolute atomic E-state index is 11.8. The second-order valence-corrected chi connectivity index (χ2v) is 4.38.